The molecule has 0 saturated carbocycles. The monoisotopic (exact) mass is 112 g/mol. The van der Waals surface area contributed by atoms with Crippen molar-refractivity contribution in [3.05, 3.63) is 0 Å². The van der Waals surface area contributed by atoms with Crippen LogP contribution in [0, 0.1) is 12.3 Å². The third kappa shape index (κ3) is 8.97. The molecular weight excluding hydrogens is 100 g/mol. The van der Waals surface area contributed by atoms with E-state index in [-0.39, 0.29) is 13.2 Å². The van der Waals surface area contributed by atoms with E-state index in [1.54, 1.807) is 0 Å². The van der Waals surface area contributed by atoms with Gasteiger partial charge in [0.2, 0.25) is 0 Å². The van der Waals surface area contributed by atoms with Crippen molar-refractivity contribution in [3.63, 3.8) is 0 Å². The Morgan fingerprint density at radius 2 is 2.25 bits per heavy atom. The fourth-order valence-electron chi connectivity index (χ4n) is 0.248. The molecule has 0 atom stereocenters. The Morgan fingerprint density at radius 1 is 1.75 bits per heavy atom. The largest absolute Gasteiger partial charge is 0.300 e. The van der Waals surface area contributed by atoms with Crippen LogP contribution < -0.4 is 0 Å². The summed E-state index contributed by atoms with van der Waals surface area (Å²) in [6.07, 6.45) is 5.98. The molecule has 46 valence electrons. The fraction of sp³-hybridized carbons (Fsp3) is 0.571. The molecule has 0 fully saturated rings. The van der Waals surface area contributed by atoms with E-state index in [0.717, 1.165) is 0 Å². The molecule has 0 N–H and O–H groups in total. The number of hydrogen-bond acceptors (Lipinski definition) is 1. The molecule has 0 radical (unpaired) electrons. The second-order valence-electron chi connectivity index (χ2n) is 1.41. The van der Waals surface area contributed by atoms with Gasteiger partial charge in [-0.2, -0.15) is 0 Å². The quantitative estimate of drug-likeness (QED) is 0.496. The van der Waals surface area contributed by atoms with Gasteiger partial charge < -0.3 is 0 Å². The Kier molecular flexibility index (Phi) is 7.99. The van der Waals surface area contributed by atoms with E-state index in [4.69, 9.17) is 6.42 Å². The number of Topliss-reactive ketones (excluding diaryl/α,β-unsaturated/α-hetero) is 1. The molecule has 0 aliphatic carbocycles. The molecule has 1 nitrogen and oxygen atoms in total. The lowest BCUT2D eigenvalue weighted by atomic mass is 10.2. The maximum absolute atomic E-state index is 10.1. The highest BCUT2D eigenvalue weighted by Crippen LogP contribution is 1.84. The van der Waals surface area contributed by atoms with Gasteiger partial charge in [0, 0.05) is 12.8 Å². The zero-order chi connectivity index (χ0) is 5.70. The second kappa shape index (κ2) is 6.23. The lowest BCUT2D eigenvalue weighted by molar-refractivity contribution is -0.116. The third-order valence-corrected chi connectivity index (χ3v) is 0.621. The highest BCUT2D eigenvalue weighted by Gasteiger charge is 1.85. The molecule has 0 aliphatic heterocycles. The Bertz CT molecular complexity index is 97.4. The first-order chi connectivity index (χ1) is 3.27. The summed E-state index contributed by atoms with van der Waals surface area (Å²) in [5.41, 5.74) is 0. The van der Waals surface area contributed by atoms with Crippen LogP contribution in [0.15, 0.2) is 0 Å². The van der Waals surface area contributed by atoms with E-state index in [1.165, 1.54) is 6.92 Å². The van der Waals surface area contributed by atoms with Crippen molar-refractivity contribution >= 4 is 5.78 Å². The van der Waals surface area contributed by atoms with Crippen LogP contribution >= 0.6 is 0 Å². The van der Waals surface area contributed by atoms with Crippen LogP contribution in [0.3, 0.4) is 0 Å². The number of carbonyl (C=O) groups is 1. The van der Waals surface area contributed by atoms with Gasteiger partial charge >= 0.3 is 0 Å². The Balaban J connectivity index is 0. The standard InChI is InChI=1S/C6H8O.CH4/c1-3-4-5-6(2)7;/h1H,4-5H2,2H3;1H4. The molecule has 0 rings (SSSR count). The Morgan fingerprint density at radius 3 is 2.38 bits per heavy atom. The average Bonchev–Trinajstić information content (AvgIpc) is 1.61. The van der Waals surface area contributed by atoms with Gasteiger partial charge in [-0.3, -0.25) is 4.79 Å². The van der Waals surface area contributed by atoms with Gasteiger partial charge in [0.15, 0.2) is 0 Å². The van der Waals surface area contributed by atoms with E-state index in [1.807, 2.05) is 0 Å². The van der Waals surface area contributed by atoms with E-state index in [0.29, 0.717) is 12.8 Å². The topological polar surface area (TPSA) is 17.1 Å². The Hall–Kier alpha value is -0.770. The predicted molar refractivity (Wildman–Crippen MR) is 35.5 cm³/mol. The van der Waals surface area contributed by atoms with Crippen molar-refractivity contribution in [2.24, 2.45) is 0 Å². The van der Waals surface area contributed by atoms with Gasteiger partial charge in [-0.05, 0) is 6.92 Å². The summed E-state index contributed by atoms with van der Waals surface area (Å²) in [5.74, 6) is 2.54. The van der Waals surface area contributed by atoms with Crippen LogP contribution in [0.4, 0.5) is 0 Å². The van der Waals surface area contributed by atoms with E-state index in [2.05, 4.69) is 5.92 Å². The normalized spacial score (nSPS) is 6.50. The van der Waals surface area contributed by atoms with Gasteiger partial charge in [-0.1, -0.05) is 7.43 Å². The summed E-state index contributed by atoms with van der Waals surface area (Å²) < 4.78 is 0. The molecule has 1 heteroatoms. The molecular formula is C7H12O. The second-order valence-corrected chi connectivity index (χ2v) is 1.41. The van der Waals surface area contributed by atoms with Crippen LogP contribution in [0.2, 0.25) is 0 Å². The van der Waals surface area contributed by atoms with Gasteiger partial charge in [0.1, 0.15) is 5.78 Å². The first kappa shape index (κ1) is 10.3. The molecule has 0 aliphatic rings. The minimum atomic E-state index is 0. The average molecular weight is 112 g/mol. The molecule has 8 heavy (non-hydrogen) atoms. The first-order valence-electron chi connectivity index (χ1n) is 2.20. The number of ketones is 1. The van der Waals surface area contributed by atoms with Crippen molar-refractivity contribution < 1.29 is 4.79 Å². The maximum Gasteiger partial charge on any atom is 0.130 e. The minimum absolute atomic E-state index is 0. The highest BCUT2D eigenvalue weighted by atomic mass is 16.1. The zero-order valence-electron chi connectivity index (χ0n) is 4.40. The molecule has 0 bridgehead atoms. The maximum atomic E-state index is 10.1. The van der Waals surface area contributed by atoms with Crippen LogP contribution in [0.5, 0.6) is 0 Å². The lowest BCUT2D eigenvalue weighted by Crippen LogP contribution is -1.85. The summed E-state index contributed by atoms with van der Waals surface area (Å²) in [6, 6.07) is 0. The van der Waals surface area contributed by atoms with Crippen LogP contribution in [0.25, 0.3) is 0 Å². The van der Waals surface area contributed by atoms with E-state index < -0.39 is 0 Å². The third-order valence-electron chi connectivity index (χ3n) is 0.621. The smallest absolute Gasteiger partial charge is 0.130 e. The molecule has 0 aromatic carbocycles. The van der Waals surface area contributed by atoms with Crippen LogP contribution in [-0.4, -0.2) is 5.78 Å². The molecule has 0 aromatic rings. The molecule has 0 heterocycles. The fourth-order valence-corrected chi connectivity index (χ4v) is 0.248. The minimum Gasteiger partial charge on any atom is -0.300 e. The van der Waals surface area contributed by atoms with Gasteiger partial charge in [-0.25, -0.2) is 0 Å². The summed E-state index contributed by atoms with van der Waals surface area (Å²) >= 11 is 0. The first-order valence-corrected chi connectivity index (χ1v) is 2.20. The highest BCUT2D eigenvalue weighted by molar-refractivity contribution is 5.75. The number of rotatable bonds is 2. The number of terminal acetylenes is 1. The number of carbonyl (C=O) groups excluding carboxylic acids is 1. The van der Waals surface area contributed by atoms with Crippen molar-refractivity contribution in [1.29, 1.82) is 0 Å². The number of hydrogen-bond donors (Lipinski definition) is 0. The summed E-state index contributed by atoms with van der Waals surface area (Å²) in [5, 5.41) is 0. The van der Waals surface area contributed by atoms with E-state index >= 15 is 0 Å². The van der Waals surface area contributed by atoms with Gasteiger partial charge in [0.25, 0.3) is 0 Å². The van der Waals surface area contributed by atoms with Gasteiger partial charge in [-0.15, -0.1) is 12.3 Å². The van der Waals surface area contributed by atoms with Crippen molar-refractivity contribution in [2.75, 3.05) is 0 Å². The SMILES string of the molecule is C.C#CCCC(C)=O. The van der Waals surface area contributed by atoms with Crippen molar-refractivity contribution in [3.8, 4) is 12.3 Å². The van der Waals surface area contributed by atoms with Gasteiger partial charge in [0.05, 0.1) is 0 Å². The van der Waals surface area contributed by atoms with Crippen molar-refractivity contribution in [1.82, 2.24) is 0 Å². The van der Waals surface area contributed by atoms with Crippen LogP contribution in [-0.2, 0) is 4.79 Å². The molecule has 0 aromatic heterocycles. The summed E-state index contributed by atoms with van der Waals surface area (Å²) in [6.45, 7) is 1.54. The molecule has 0 amide bonds. The molecule has 0 unspecified atom stereocenters. The zero-order valence-corrected chi connectivity index (χ0v) is 4.40. The van der Waals surface area contributed by atoms with Crippen LogP contribution in [0.1, 0.15) is 27.2 Å². The molecule has 0 spiro atoms. The summed E-state index contributed by atoms with van der Waals surface area (Å²) in [4.78, 5) is 10.1. The van der Waals surface area contributed by atoms with Crippen molar-refractivity contribution in [2.45, 2.75) is 27.2 Å². The summed E-state index contributed by atoms with van der Waals surface area (Å²) in [7, 11) is 0. The molecule has 0 saturated heterocycles. The van der Waals surface area contributed by atoms with E-state index in [9.17, 15) is 4.79 Å². The lowest BCUT2D eigenvalue weighted by Gasteiger charge is -1.80. The Labute approximate surface area is 51.1 Å². The predicted octanol–water partition coefficient (Wildman–Crippen LogP) is 1.62.